The fourth-order valence-electron chi connectivity index (χ4n) is 4.19. The van der Waals surface area contributed by atoms with Gasteiger partial charge in [0, 0.05) is 31.0 Å². The molecule has 4 heterocycles. The summed E-state index contributed by atoms with van der Waals surface area (Å²) in [6.45, 7) is -0.385. The molecule has 5 N–H and O–H groups in total. The van der Waals surface area contributed by atoms with Crippen molar-refractivity contribution < 1.29 is 27.8 Å². The third kappa shape index (κ3) is 7.07. The lowest BCUT2D eigenvalue weighted by Crippen LogP contribution is -2.18. The number of fused-ring (bicyclic) bond motifs is 1. The molecule has 1 atom stereocenters. The number of carbonyl (C=O) groups excluding carboxylic acids is 1. The van der Waals surface area contributed by atoms with E-state index in [2.05, 4.69) is 40.4 Å². The van der Waals surface area contributed by atoms with Crippen LogP contribution in [0.25, 0.3) is 11.2 Å². The van der Waals surface area contributed by atoms with Crippen LogP contribution in [0, 0.1) is 0 Å². The van der Waals surface area contributed by atoms with Crippen LogP contribution >= 0.6 is 11.6 Å². The normalized spacial score (nSPS) is 12.2. The number of imidazole rings is 1. The van der Waals surface area contributed by atoms with E-state index in [0.717, 1.165) is 12.1 Å². The molecular weight excluding hydrogens is 607 g/mol. The molecule has 1 aromatic carbocycles. The summed E-state index contributed by atoms with van der Waals surface area (Å²) < 4.78 is 44.6. The van der Waals surface area contributed by atoms with Crippen molar-refractivity contribution >= 4 is 63.4 Å². The van der Waals surface area contributed by atoms with Gasteiger partial charge in [-0.05, 0) is 36.4 Å². The third-order valence-corrected chi connectivity index (χ3v) is 6.55. The van der Waals surface area contributed by atoms with E-state index in [-0.39, 0.29) is 36.7 Å². The molecule has 1 unspecified atom stereocenters. The maximum absolute atomic E-state index is 12.5. The van der Waals surface area contributed by atoms with E-state index in [1.807, 2.05) is 0 Å². The number of ether oxygens (including phenoxy) is 1. The van der Waals surface area contributed by atoms with E-state index in [9.17, 15) is 23.1 Å². The molecule has 1 amide bonds. The predicted octanol–water partition coefficient (Wildman–Crippen LogP) is 3.83. The number of nitrogens with zero attached hydrogens (tertiary/aromatic N) is 8. The first-order valence-corrected chi connectivity index (χ1v) is 13.4. The minimum atomic E-state index is -4.81. The number of aliphatic hydroxyl groups is 1. The highest BCUT2D eigenvalue weighted by Crippen LogP contribution is 2.31. The molecule has 0 aliphatic rings. The summed E-state index contributed by atoms with van der Waals surface area (Å²) in [5.74, 6) is 0.193. The number of nitrogens with one attached hydrogen (secondary N) is 2. The smallest absolute Gasteiger partial charge is 0.406 e. The van der Waals surface area contributed by atoms with Crippen molar-refractivity contribution in [2.24, 2.45) is 5.73 Å². The van der Waals surface area contributed by atoms with Crippen LogP contribution in [0.3, 0.4) is 0 Å². The van der Waals surface area contributed by atoms with E-state index in [4.69, 9.17) is 17.3 Å². The van der Waals surface area contributed by atoms with Gasteiger partial charge in [-0.15, -0.1) is 24.8 Å². The molecule has 5 aromatic rings. The highest BCUT2D eigenvalue weighted by atomic mass is 35.5. The van der Waals surface area contributed by atoms with Gasteiger partial charge in [0.05, 0.1) is 36.4 Å². The van der Waals surface area contributed by atoms with Crippen LogP contribution in [0.4, 0.5) is 47.9 Å². The van der Waals surface area contributed by atoms with Crippen LogP contribution < -0.4 is 26.0 Å². The molecule has 44 heavy (non-hydrogen) atoms. The first-order chi connectivity index (χ1) is 21.0. The summed E-state index contributed by atoms with van der Waals surface area (Å²) in [5.41, 5.74) is 7.66. The van der Waals surface area contributed by atoms with Gasteiger partial charge in [0.15, 0.2) is 5.65 Å². The molecule has 0 fully saturated rings. The lowest BCUT2D eigenvalue weighted by molar-refractivity contribution is -0.274. The molecule has 230 valence electrons. The molecule has 14 nitrogen and oxygen atoms in total. The van der Waals surface area contributed by atoms with E-state index in [1.165, 1.54) is 23.0 Å². The van der Waals surface area contributed by atoms with Gasteiger partial charge in [-0.2, -0.15) is 10.1 Å². The van der Waals surface area contributed by atoms with Gasteiger partial charge in [0.25, 0.3) is 0 Å². The van der Waals surface area contributed by atoms with Crippen LogP contribution in [0.15, 0.2) is 61.2 Å². The Kier molecular flexibility index (Phi) is 8.68. The van der Waals surface area contributed by atoms with Crippen molar-refractivity contribution in [2.75, 3.05) is 35.1 Å². The minimum absolute atomic E-state index is 0.0382. The maximum atomic E-state index is 12.5. The Balaban J connectivity index is 1.40. The lowest BCUT2D eigenvalue weighted by atomic mass is 10.3. The van der Waals surface area contributed by atoms with Crippen LogP contribution in [-0.4, -0.2) is 71.2 Å². The molecular formula is C26H25ClF3N11O3. The predicted molar refractivity (Wildman–Crippen MR) is 156 cm³/mol. The van der Waals surface area contributed by atoms with Crippen LogP contribution in [0.5, 0.6) is 5.75 Å². The quantitative estimate of drug-likeness (QED) is 0.147. The first-order valence-electron chi connectivity index (χ1n) is 12.8. The molecule has 18 heteroatoms. The maximum Gasteiger partial charge on any atom is 0.573 e. The number of alkyl halides is 4. The van der Waals surface area contributed by atoms with Crippen molar-refractivity contribution in [2.45, 2.75) is 18.9 Å². The van der Waals surface area contributed by atoms with Crippen molar-refractivity contribution in [1.29, 1.82) is 0 Å². The first kappa shape index (κ1) is 30.3. The fraction of sp³-hybridized carbons (Fsp3) is 0.231. The van der Waals surface area contributed by atoms with Crippen LogP contribution in [0.1, 0.15) is 6.04 Å². The Morgan fingerprint density at radius 2 is 1.91 bits per heavy atom. The largest absolute Gasteiger partial charge is 0.573 e. The number of primary amides is 1. The van der Waals surface area contributed by atoms with E-state index < -0.39 is 18.3 Å². The number of benzene rings is 1. The Hall–Kier alpha value is -5.16. The zero-order valence-corrected chi connectivity index (χ0v) is 23.7. The van der Waals surface area contributed by atoms with Crippen LogP contribution in [-0.2, 0) is 11.3 Å². The zero-order valence-electron chi connectivity index (χ0n) is 22.9. The number of pyridine rings is 1. The van der Waals surface area contributed by atoms with Gasteiger partial charge in [-0.25, -0.2) is 15.0 Å². The number of halogens is 4. The van der Waals surface area contributed by atoms with Crippen molar-refractivity contribution in [3.63, 3.8) is 0 Å². The molecule has 0 spiro atoms. The van der Waals surface area contributed by atoms with Gasteiger partial charge in [-0.1, -0.05) is 0 Å². The van der Waals surface area contributed by atoms with Gasteiger partial charge >= 0.3 is 6.36 Å². The second-order valence-corrected chi connectivity index (χ2v) is 9.65. The Morgan fingerprint density at radius 1 is 1.14 bits per heavy atom. The molecule has 4 aromatic heterocycles. The number of hydrogen-bond acceptors (Lipinski definition) is 11. The summed E-state index contributed by atoms with van der Waals surface area (Å²) in [6.07, 6.45) is 1.45. The van der Waals surface area contributed by atoms with Gasteiger partial charge in [-0.3, -0.25) is 14.0 Å². The highest BCUT2D eigenvalue weighted by molar-refractivity contribution is 6.18. The Morgan fingerprint density at radius 3 is 2.59 bits per heavy atom. The number of anilines is 6. The molecule has 0 aliphatic carbocycles. The summed E-state index contributed by atoms with van der Waals surface area (Å²) in [7, 11) is 1.77. The van der Waals surface area contributed by atoms with Crippen molar-refractivity contribution in [3.8, 4) is 5.75 Å². The number of hydrogen-bond donors (Lipinski definition) is 4. The van der Waals surface area contributed by atoms with E-state index >= 15 is 0 Å². The number of nitrogens with two attached hydrogens (primary N) is 1. The number of rotatable bonds is 12. The van der Waals surface area contributed by atoms with Crippen molar-refractivity contribution in [3.05, 3.63) is 61.2 Å². The summed E-state index contributed by atoms with van der Waals surface area (Å²) in [4.78, 5) is 30.9. The second kappa shape index (κ2) is 12.6. The SMILES string of the molecule is CN(c1cnc2c(c1)nc(Nc1ccc(OC(F)(F)F)cc1)n2C(CO)CCl)c1ccnc(Nc2cnn(CC(N)=O)c2)n1. The molecule has 0 radical (unpaired) electrons. The van der Waals surface area contributed by atoms with Crippen molar-refractivity contribution in [1.82, 2.24) is 34.3 Å². The Bertz CT molecular complexity index is 1760. The number of aromatic nitrogens is 7. The van der Waals surface area contributed by atoms with Crippen LogP contribution in [0.2, 0.25) is 0 Å². The standard InChI is InChI=1S/C26H25ClF3N11O3/c1-39(22-6-7-32-24(38-22)35-16-10-34-40(12-16)13-21(31)43)17-8-20-23(33-11-17)41(18(9-27)14-42)25(37-20)36-15-2-4-19(5-3-15)44-26(28,29)30/h2-8,10-12,18,42H,9,13-14H2,1H3,(H2,31,43)(H,36,37)(H,32,35,38). The molecule has 0 saturated carbocycles. The Labute approximate surface area is 252 Å². The van der Waals surface area contributed by atoms with E-state index in [1.54, 1.807) is 47.2 Å². The average molecular weight is 632 g/mol. The third-order valence-electron chi connectivity index (χ3n) is 6.19. The monoisotopic (exact) mass is 631 g/mol. The minimum Gasteiger partial charge on any atom is -0.406 e. The average Bonchev–Trinajstić information content (AvgIpc) is 3.56. The van der Waals surface area contributed by atoms with Gasteiger partial charge < -0.3 is 31.1 Å². The molecule has 5 rings (SSSR count). The van der Waals surface area contributed by atoms with Gasteiger partial charge in [0.2, 0.25) is 17.8 Å². The van der Waals surface area contributed by atoms with E-state index in [0.29, 0.717) is 34.0 Å². The summed E-state index contributed by atoms with van der Waals surface area (Å²) in [5, 5.41) is 20.1. The lowest BCUT2D eigenvalue weighted by Gasteiger charge is -2.19. The molecule has 0 saturated heterocycles. The molecule has 0 aliphatic heterocycles. The number of carbonyl (C=O) groups is 1. The topological polar surface area (TPSA) is 174 Å². The zero-order chi connectivity index (χ0) is 31.4. The number of aliphatic hydroxyl groups excluding tert-OH is 1. The van der Waals surface area contributed by atoms with Gasteiger partial charge in [0.1, 0.15) is 23.6 Å². The summed E-state index contributed by atoms with van der Waals surface area (Å²) in [6, 6.07) is 7.98. The molecule has 0 bridgehead atoms. The fourth-order valence-corrected chi connectivity index (χ4v) is 4.42. The number of amides is 1. The second-order valence-electron chi connectivity index (χ2n) is 9.34. The summed E-state index contributed by atoms with van der Waals surface area (Å²) >= 11 is 6.13. The highest BCUT2D eigenvalue weighted by Gasteiger charge is 2.31.